The first kappa shape index (κ1) is 12.2. The average molecular weight is 258 g/mol. The summed E-state index contributed by atoms with van der Waals surface area (Å²) in [4.78, 5) is 0. The van der Waals surface area contributed by atoms with Crippen LogP contribution < -0.4 is 5.73 Å². The standard InChI is InChI=1S/C13H17Cl2N/c1-8-3-2-4-10(8)13(16)11-6-5-9(14)7-12(11)15/h5-8,10,13H,2-4,16H2,1H3. The van der Waals surface area contributed by atoms with Gasteiger partial charge in [-0.1, -0.05) is 49.0 Å². The van der Waals surface area contributed by atoms with Crippen molar-refractivity contribution < 1.29 is 0 Å². The molecule has 0 saturated heterocycles. The highest BCUT2D eigenvalue weighted by atomic mass is 35.5. The molecular weight excluding hydrogens is 241 g/mol. The Morgan fingerprint density at radius 2 is 2.06 bits per heavy atom. The molecule has 1 aromatic rings. The Bertz CT molecular complexity index is 378. The van der Waals surface area contributed by atoms with E-state index in [1.807, 2.05) is 12.1 Å². The molecule has 0 heterocycles. The summed E-state index contributed by atoms with van der Waals surface area (Å²) in [5.41, 5.74) is 7.35. The minimum absolute atomic E-state index is 0.0438. The molecule has 1 fully saturated rings. The predicted molar refractivity (Wildman–Crippen MR) is 69.9 cm³/mol. The Kier molecular flexibility index (Phi) is 3.78. The molecule has 0 amide bonds. The molecule has 0 aliphatic heterocycles. The fourth-order valence-corrected chi connectivity index (χ4v) is 3.24. The first-order chi connectivity index (χ1) is 7.59. The molecule has 2 rings (SSSR count). The molecule has 1 saturated carbocycles. The summed E-state index contributed by atoms with van der Waals surface area (Å²) in [5.74, 6) is 1.25. The monoisotopic (exact) mass is 257 g/mol. The second-order valence-corrected chi connectivity index (χ2v) is 5.61. The van der Waals surface area contributed by atoms with Gasteiger partial charge in [0.25, 0.3) is 0 Å². The van der Waals surface area contributed by atoms with E-state index in [0.29, 0.717) is 21.9 Å². The van der Waals surface area contributed by atoms with Crippen molar-refractivity contribution in [1.82, 2.24) is 0 Å². The number of benzene rings is 1. The fourth-order valence-electron chi connectivity index (χ4n) is 2.71. The van der Waals surface area contributed by atoms with Crippen molar-refractivity contribution in [3.05, 3.63) is 33.8 Å². The van der Waals surface area contributed by atoms with Crippen molar-refractivity contribution in [3.63, 3.8) is 0 Å². The van der Waals surface area contributed by atoms with E-state index in [0.717, 1.165) is 5.56 Å². The third-order valence-electron chi connectivity index (χ3n) is 3.71. The van der Waals surface area contributed by atoms with Crippen LogP contribution in [0.5, 0.6) is 0 Å². The third-order valence-corrected chi connectivity index (χ3v) is 4.27. The van der Waals surface area contributed by atoms with Crippen LogP contribution in [-0.4, -0.2) is 0 Å². The maximum absolute atomic E-state index is 6.31. The van der Waals surface area contributed by atoms with E-state index in [1.54, 1.807) is 6.07 Å². The second kappa shape index (κ2) is 4.95. The largest absolute Gasteiger partial charge is 0.324 e. The molecule has 1 aliphatic carbocycles. The second-order valence-electron chi connectivity index (χ2n) is 4.76. The summed E-state index contributed by atoms with van der Waals surface area (Å²) in [6.07, 6.45) is 3.77. The minimum Gasteiger partial charge on any atom is -0.324 e. The molecule has 1 nitrogen and oxygen atoms in total. The lowest BCUT2D eigenvalue weighted by Crippen LogP contribution is -2.23. The number of nitrogens with two attached hydrogens (primary N) is 1. The van der Waals surface area contributed by atoms with Crippen molar-refractivity contribution >= 4 is 23.2 Å². The zero-order chi connectivity index (χ0) is 11.7. The van der Waals surface area contributed by atoms with E-state index in [1.165, 1.54) is 19.3 Å². The van der Waals surface area contributed by atoms with E-state index >= 15 is 0 Å². The molecule has 3 unspecified atom stereocenters. The molecule has 0 spiro atoms. The first-order valence-corrected chi connectivity index (χ1v) is 6.55. The fraction of sp³-hybridized carbons (Fsp3) is 0.538. The molecule has 0 bridgehead atoms. The van der Waals surface area contributed by atoms with Crippen LogP contribution in [0.3, 0.4) is 0 Å². The first-order valence-electron chi connectivity index (χ1n) is 5.80. The Hall–Kier alpha value is -0.240. The predicted octanol–water partition coefficient (Wildman–Crippen LogP) is 4.43. The average Bonchev–Trinajstić information content (AvgIpc) is 2.63. The molecule has 3 atom stereocenters. The quantitative estimate of drug-likeness (QED) is 0.834. The summed E-state index contributed by atoms with van der Waals surface area (Å²) in [6, 6.07) is 5.64. The van der Waals surface area contributed by atoms with Gasteiger partial charge in [0, 0.05) is 16.1 Å². The summed E-state index contributed by atoms with van der Waals surface area (Å²) in [7, 11) is 0. The topological polar surface area (TPSA) is 26.0 Å². The zero-order valence-electron chi connectivity index (χ0n) is 9.42. The van der Waals surface area contributed by atoms with Crippen LogP contribution >= 0.6 is 23.2 Å². The highest BCUT2D eigenvalue weighted by Gasteiger charge is 2.30. The minimum atomic E-state index is 0.0438. The van der Waals surface area contributed by atoms with Gasteiger partial charge in [-0.2, -0.15) is 0 Å². The van der Waals surface area contributed by atoms with Crippen LogP contribution in [0.15, 0.2) is 18.2 Å². The Balaban J connectivity index is 2.23. The smallest absolute Gasteiger partial charge is 0.0468 e. The Labute approximate surface area is 107 Å². The van der Waals surface area contributed by atoms with E-state index in [4.69, 9.17) is 28.9 Å². The maximum atomic E-state index is 6.31. The van der Waals surface area contributed by atoms with Crippen LogP contribution in [0.2, 0.25) is 10.0 Å². The van der Waals surface area contributed by atoms with Crippen LogP contribution in [0.25, 0.3) is 0 Å². The molecular formula is C13H17Cl2N. The summed E-state index contributed by atoms with van der Waals surface area (Å²) >= 11 is 12.1. The number of hydrogen-bond acceptors (Lipinski definition) is 1. The van der Waals surface area contributed by atoms with Gasteiger partial charge < -0.3 is 5.73 Å². The molecule has 0 radical (unpaired) electrons. The van der Waals surface area contributed by atoms with Gasteiger partial charge >= 0.3 is 0 Å². The van der Waals surface area contributed by atoms with Gasteiger partial charge in [0.2, 0.25) is 0 Å². The third kappa shape index (κ3) is 2.37. The molecule has 2 N–H and O–H groups in total. The van der Waals surface area contributed by atoms with Gasteiger partial charge in [-0.15, -0.1) is 0 Å². The normalized spacial score (nSPS) is 27.0. The van der Waals surface area contributed by atoms with Crippen LogP contribution in [0, 0.1) is 11.8 Å². The number of rotatable bonds is 2. The SMILES string of the molecule is CC1CCCC1C(N)c1ccc(Cl)cc1Cl. The maximum Gasteiger partial charge on any atom is 0.0468 e. The zero-order valence-corrected chi connectivity index (χ0v) is 10.9. The van der Waals surface area contributed by atoms with Crippen LogP contribution in [-0.2, 0) is 0 Å². The highest BCUT2D eigenvalue weighted by Crippen LogP contribution is 2.40. The Morgan fingerprint density at radius 3 is 2.62 bits per heavy atom. The molecule has 1 aromatic carbocycles. The van der Waals surface area contributed by atoms with Crippen molar-refractivity contribution in [2.75, 3.05) is 0 Å². The lowest BCUT2D eigenvalue weighted by atomic mass is 9.86. The van der Waals surface area contributed by atoms with Gasteiger partial charge in [-0.25, -0.2) is 0 Å². The molecule has 88 valence electrons. The van der Waals surface area contributed by atoms with Gasteiger partial charge in [-0.3, -0.25) is 0 Å². The van der Waals surface area contributed by atoms with Gasteiger partial charge in [0.15, 0.2) is 0 Å². The van der Waals surface area contributed by atoms with Crippen molar-refractivity contribution in [2.24, 2.45) is 17.6 Å². The van der Waals surface area contributed by atoms with E-state index in [-0.39, 0.29) is 6.04 Å². The van der Waals surface area contributed by atoms with Crippen molar-refractivity contribution in [2.45, 2.75) is 32.2 Å². The summed E-state index contributed by atoms with van der Waals surface area (Å²) < 4.78 is 0. The van der Waals surface area contributed by atoms with Crippen LogP contribution in [0.1, 0.15) is 37.8 Å². The highest BCUT2D eigenvalue weighted by molar-refractivity contribution is 6.35. The lowest BCUT2D eigenvalue weighted by molar-refractivity contribution is 0.351. The van der Waals surface area contributed by atoms with E-state index < -0.39 is 0 Å². The lowest BCUT2D eigenvalue weighted by Gasteiger charge is -2.24. The summed E-state index contributed by atoms with van der Waals surface area (Å²) in [5, 5.41) is 1.36. The van der Waals surface area contributed by atoms with Gasteiger partial charge in [-0.05, 0) is 36.0 Å². The van der Waals surface area contributed by atoms with E-state index in [2.05, 4.69) is 6.92 Å². The molecule has 0 aromatic heterocycles. The number of hydrogen-bond donors (Lipinski definition) is 1. The number of halogens is 2. The Morgan fingerprint density at radius 1 is 1.31 bits per heavy atom. The molecule has 3 heteroatoms. The van der Waals surface area contributed by atoms with Gasteiger partial charge in [0.1, 0.15) is 0 Å². The van der Waals surface area contributed by atoms with Crippen LogP contribution in [0.4, 0.5) is 0 Å². The molecule has 16 heavy (non-hydrogen) atoms. The van der Waals surface area contributed by atoms with Gasteiger partial charge in [0.05, 0.1) is 0 Å². The molecule has 1 aliphatic rings. The van der Waals surface area contributed by atoms with E-state index in [9.17, 15) is 0 Å². The summed E-state index contributed by atoms with van der Waals surface area (Å²) in [6.45, 7) is 2.28. The van der Waals surface area contributed by atoms with Crippen molar-refractivity contribution in [1.29, 1.82) is 0 Å². The van der Waals surface area contributed by atoms with Crippen molar-refractivity contribution in [3.8, 4) is 0 Å².